The van der Waals surface area contributed by atoms with Crippen molar-refractivity contribution in [3.63, 3.8) is 0 Å². The van der Waals surface area contributed by atoms with Crippen molar-refractivity contribution in [2.24, 2.45) is 0 Å². The Kier molecular flexibility index (Phi) is 6.95. The summed E-state index contributed by atoms with van der Waals surface area (Å²) in [6, 6.07) is 14.5. The summed E-state index contributed by atoms with van der Waals surface area (Å²) < 4.78 is 6.36. The number of benzene rings is 2. The molecule has 1 aromatic heterocycles. The topological polar surface area (TPSA) is 64.1 Å². The highest BCUT2D eigenvalue weighted by atomic mass is 35.5. The van der Waals surface area contributed by atoms with Gasteiger partial charge in [0, 0.05) is 15.8 Å². The van der Waals surface area contributed by atoms with E-state index >= 15 is 0 Å². The molecule has 3 rings (SSSR count). The third-order valence-corrected chi connectivity index (χ3v) is 5.92. The number of nitrogens with zero attached hydrogens (tertiary/aromatic N) is 2. The van der Waals surface area contributed by atoms with Crippen LogP contribution in [-0.4, -0.2) is 22.2 Å². The molecule has 2 aromatic carbocycles. The van der Waals surface area contributed by atoms with Crippen molar-refractivity contribution in [2.45, 2.75) is 23.1 Å². The first-order valence-corrected chi connectivity index (χ1v) is 10.5. The molecule has 0 aliphatic carbocycles. The quantitative estimate of drug-likeness (QED) is 0.386. The van der Waals surface area contributed by atoms with Crippen LogP contribution in [-0.2, 0) is 10.5 Å². The zero-order valence-corrected chi connectivity index (χ0v) is 17.3. The first-order chi connectivity index (χ1) is 13.0. The van der Waals surface area contributed by atoms with Gasteiger partial charge in [-0.1, -0.05) is 64.5 Å². The van der Waals surface area contributed by atoms with Gasteiger partial charge in [0.15, 0.2) is 10.4 Å². The first-order valence-electron chi connectivity index (χ1n) is 7.93. The monoisotopic (exact) mass is 439 g/mol. The Morgan fingerprint density at radius 2 is 1.96 bits per heavy atom. The highest BCUT2D eigenvalue weighted by molar-refractivity contribution is 8.00. The molecule has 1 unspecified atom stereocenters. The van der Waals surface area contributed by atoms with E-state index < -0.39 is 6.10 Å². The number of halogens is 2. The third kappa shape index (κ3) is 6.10. The standard InChI is InChI=1S/C18H15Cl2N3O2S2/c1-11(25-15-4-2-3-14(20)9-15)16(24)21-17-22-23-18(27-17)26-10-12-5-7-13(19)8-6-12/h2-9,11H,10H2,1H3,(H,21,22,24). The summed E-state index contributed by atoms with van der Waals surface area (Å²) in [7, 11) is 0. The van der Waals surface area contributed by atoms with Gasteiger partial charge < -0.3 is 4.74 Å². The number of anilines is 1. The van der Waals surface area contributed by atoms with Crippen molar-refractivity contribution >= 4 is 57.3 Å². The molecule has 1 N–H and O–H groups in total. The fourth-order valence-corrected chi connectivity index (χ4v) is 4.07. The lowest BCUT2D eigenvalue weighted by atomic mass is 10.2. The fraction of sp³-hybridized carbons (Fsp3) is 0.167. The van der Waals surface area contributed by atoms with Crippen LogP contribution in [0.3, 0.4) is 0 Å². The lowest BCUT2D eigenvalue weighted by Gasteiger charge is -2.13. The van der Waals surface area contributed by atoms with Gasteiger partial charge in [-0.3, -0.25) is 10.1 Å². The Hall–Kier alpha value is -1.80. The van der Waals surface area contributed by atoms with Gasteiger partial charge in [0.2, 0.25) is 5.13 Å². The molecule has 1 atom stereocenters. The van der Waals surface area contributed by atoms with Gasteiger partial charge in [-0.2, -0.15) is 0 Å². The number of amides is 1. The molecule has 3 aromatic rings. The van der Waals surface area contributed by atoms with Crippen LogP contribution in [0.5, 0.6) is 5.75 Å². The number of hydrogen-bond acceptors (Lipinski definition) is 6. The fourth-order valence-electron chi connectivity index (χ4n) is 2.05. The summed E-state index contributed by atoms with van der Waals surface area (Å²) >= 11 is 14.7. The van der Waals surface area contributed by atoms with Crippen LogP contribution in [0.2, 0.25) is 10.0 Å². The Labute approximate surface area is 175 Å². The number of nitrogens with one attached hydrogen (secondary N) is 1. The van der Waals surface area contributed by atoms with Crippen LogP contribution in [0, 0.1) is 0 Å². The number of rotatable bonds is 7. The highest BCUT2D eigenvalue weighted by Gasteiger charge is 2.17. The van der Waals surface area contributed by atoms with E-state index in [2.05, 4.69) is 15.5 Å². The van der Waals surface area contributed by atoms with Crippen LogP contribution in [0.15, 0.2) is 52.9 Å². The minimum Gasteiger partial charge on any atom is -0.481 e. The molecule has 5 nitrogen and oxygen atoms in total. The maximum absolute atomic E-state index is 12.3. The molecule has 0 spiro atoms. The number of carbonyl (C=O) groups is 1. The molecule has 0 saturated heterocycles. The van der Waals surface area contributed by atoms with Crippen LogP contribution >= 0.6 is 46.3 Å². The van der Waals surface area contributed by atoms with E-state index in [1.807, 2.05) is 24.3 Å². The maximum Gasteiger partial charge on any atom is 0.266 e. The van der Waals surface area contributed by atoms with Crippen molar-refractivity contribution in [3.8, 4) is 5.75 Å². The molecule has 0 saturated carbocycles. The number of hydrogen-bond donors (Lipinski definition) is 1. The van der Waals surface area contributed by atoms with Crippen molar-refractivity contribution < 1.29 is 9.53 Å². The highest BCUT2D eigenvalue weighted by Crippen LogP contribution is 2.29. The molecule has 0 fully saturated rings. The van der Waals surface area contributed by atoms with Crippen LogP contribution in [0.4, 0.5) is 5.13 Å². The average molecular weight is 440 g/mol. The van der Waals surface area contributed by atoms with E-state index in [1.54, 1.807) is 43.0 Å². The molecule has 0 radical (unpaired) electrons. The third-order valence-electron chi connectivity index (χ3n) is 3.39. The van der Waals surface area contributed by atoms with Gasteiger partial charge >= 0.3 is 0 Å². The van der Waals surface area contributed by atoms with E-state index in [1.165, 1.54) is 11.3 Å². The smallest absolute Gasteiger partial charge is 0.266 e. The summed E-state index contributed by atoms with van der Waals surface area (Å²) in [4.78, 5) is 12.3. The molecule has 0 aliphatic rings. The van der Waals surface area contributed by atoms with Crippen LogP contribution in [0.25, 0.3) is 0 Å². The molecule has 1 heterocycles. The predicted molar refractivity (Wildman–Crippen MR) is 111 cm³/mol. The van der Waals surface area contributed by atoms with Gasteiger partial charge in [0.1, 0.15) is 5.75 Å². The zero-order chi connectivity index (χ0) is 19.2. The Bertz CT molecular complexity index is 919. The van der Waals surface area contributed by atoms with Crippen molar-refractivity contribution in [1.29, 1.82) is 0 Å². The minimum atomic E-state index is -0.697. The SMILES string of the molecule is CC(Oc1cccc(Cl)c1)C(=O)Nc1nnc(SCc2ccc(Cl)cc2)s1. The summed E-state index contributed by atoms with van der Waals surface area (Å²) in [6.07, 6.45) is -0.697. The maximum atomic E-state index is 12.3. The largest absolute Gasteiger partial charge is 0.481 e. The molecule has 0 aliphatic heterocycles. The minimum absolute atomic E-state index is 0.305. The van der Waals surface area contributed by atoms with E-state index in [0.717, 1.165) is 15.7 Å². The molecule has 9 heteroatoms. The van der Waals surface area contributed by atoms with Gasteiger partial charge in [-0.05, 0) is 42.8 Å². The summed E-state index contributed by atoms with van der Waals surface area (Å²) in [5, 5.41) is 12.5. The molecular weight excluding hydrogens is 425 g/mol. The molecule has 140 valence electrons. The molecule has 0 bridgehead atoms. The second-order valence-corrected chi connectivity index (χ2v) is 8.57. The summed E-state index contributed by atoms with van der Waals surface area (Å²) in [6.45, 7) is 1.66. The van der Waals surface area contributed by atoms with Crippen LogP contribution < -0.4 is 10.1 Å². The Morgan fingerprint density at radius 3 is 2.70 bits per heavy atom. The van der Waals surface area contributed by atoms with Crippen LogP contribution in [0.1, 0.15) is 12.5 Å². The van der Waals surface area contributed by atoms with Gasteiger partial charge in [-0.15, -0.1) is 10.2 Å². The van der Waals surface area contributed by atoms with Crippen molar-refractivity contribution in [1.82, 2.24) is 10.2 Å². The van der Waals surface area contributed by atoms with Crippen molar-refractivity contribution in [2.75, 3.05) is 5.32 Å². The van der Waals surface area contributed by atoms with E-state index in [9.17, 15) is 4.79 Å². The summed E-state index contributed by atoms with van der Waals surface area (Å²) in [5.41, 5.74) is 1.13. The number of aromatic nitrogens is 2. The summed E-state index contributed by atoms with van der Waals surface area (Å²) in [5.74, 6) is 0.968. The Morgan fingerprint density at radius 1 is 1.19 bits per heavy atom. The lowest BCUT2D eigenvalue weighted by molar-refractivity contribution is -0.122. The number of ether oxygens (including phenoxy) is 1. The average Bonchev–Trinajstić information content (AvgIpc) is 3.08. The van der Waals surface area contributed by atoms with E-state index in [0.29, 0.717) is 20.9 Å². The first kappa shape index (κ1) is 19.9. The Balaban J connectivity index is 1.51. The second-order valence-electron chi connectivity index (χ2n) is 5.49. The van der Waals surface area contributed by atoms with Gasteiger partial charge in [-0.25, -0.2) is 0 Å². The van der Waals surface area contributed by atoms with E-state index in [-0.39, 0.29) is 5.91 Å². The number of carbonyl (C=O) groups excluding carboxylic acids is 1. The normalized spacial score (nSPS) is 11.8. The lowest BCUT2D eigenvalue weighted by Crippen LogP contribution is -2.30. The van der Waals surface area contributed by atoms with E-state index in [4.69, 9.17) is 27.9 Å². The van der Waals surface area contributed by atoms with Gasteiger partial charge in [0.25, 0.3) is 5.91 Å². The zero-order valence-electron chi connectivity index (χ0n) is 14.2. The predicted octanol–water partition coefficient (Wildman–Crippen LogP) is 5.54. The molecule has 27 heavy (non-hydrogen) atoms. The molecule has 1 amide bonds. The number of thioether (sulfide) groups is 1. The second kappa shape index (κ2) is 9.41. The molecular formula is C18H15Cl2N3O2S2. The van der Waals surface area contributed by atoms with Gasteiger partial charge in [0.05, 0.1) is 0 Å². The van der Waals surface area contributed by atoms with Crippen molar-refractivity contribution in [3.05, 3.63) is 64.1 Å².